The van der Waals surface area contributed by atoms with Crippen LogP contribution < -0.4 is 11.1 Å². The van der Waals surface area contributed by atoms with Gasteiger partial charge in [0.2, 0.25) is 0 Å². The average molecular weight is 237 g/mol. The van der Waals surface area contributed by atoms with Crippen LogP contribution in [-0.4, -0.2) is 30.6 Å². The predicted molar refractivity (Wildman–Crippen MR) is 69.6 cm³/mol. The molecule has 0 bridgehead atoms. The third kappa shape index (κ3) is 2.88. The molecule has 3 nitrogen and oxygen atoms in total. The molecule has 4 heteroatoms. The van der Waals surface area contributed by atoms with Crippen LogP contribution >= 0.6 is 0 Å². The molecule has 0 amide bonds. The number of likely N-dealkylation sites (N-methyl/N-ethyl adjacent to an activating group) is 1. The summed E-state index contributed by atoms with van der Waals surface area (Å²) in [5, 5.41) is 3.35. The van der Waals surface area contributed by atoms with Gasteiger partial charge in [0, 0.05) is 12.6 Å². The van der Waals surface area contributed by atoms with Crippen molar-refractivity contribution in [3.05, 3.63) is 24.0 Å². The summed E-state index contributed by atoms with van der Waals surface area (Å²) in [5.74, 6) is -0.349. The van der Waals surface area contributed by atoms with Crippen molar-refractivity contribution in [1.29, 1.82) is 0 Å². The van der Waals surface area contributed by atoms with Crippen LogP contribution in [0, 0.1) is 5.82 Å². The van der Waals surface area contributed by atoms with Gasteiger partial charge in [-0.1, -0.05) is 13.0 Å². The number of likely N-dealkylation sites (tertiary alicyclic amines) is 1. The van der Waals surface area contributed by atoms with Gasteiger partial charge >= 0.3 is 0 Å². The van der Waals surface area contributed by atoms with Crippen LogP contribution in [0.5, 0.6) is 0 Å². The molecule has 1 aliphatic rings. The van der Waals surface area contributed by atoms with E-state index in [4.69, 9.17) is 5.73 Å². The van der Waals surface area contributed by atoms with E-state index in [0.29, 0.717) is 11.7 Å². The number of halogens is 1. The van der Waals surface area contributed by atoms with Crippen LogP contribution in [0.2, 0.25) is 0 Å². The van der Waals surface area contributed by atoms with E-state index >= 15 is 0 Å². The fourth-order valence-electron chi connectivity index (χ4n) is 2.34. The topological polar surface area (TPSA) is 41.3 Å². The average Bonchev–Trinajstić information content (AvgIpc) is 2.35. The monoisotopic (exact) mass is 237 g/mol. The number of piperidine rings is 1. The quantitative estimate of drug-likeness (QED) is 0.793. The zero-order valence-electron chi connectivity index (χ0n) is 10.2. The molecule has 0 saturated carbocycles. The van der Waals surface area contributed by atoms with E-state index in [1.807, 2.05) is 6.07 Å². The molecule has 1 heterocycles. The van der Waals surface area contributed by atoms with Gasteiger partial charge in [-0.2, -0.15) is 0 Å². The van der Waals surface area contributed by atoms with Crippen LogP contribution in [0.1, 0.15) is 19.8 Å². The van der Waals surface area contributed by atoms with Gasteiger partial charge in [-0.05, 0) is 38.1 Å². The highest BCUT2D eigenvalue weighted by atomic mass is 19.1. The molecule has 0 aliphatic carbocycles. The Morgan fingerprint density at radius 2 is 2.35 bits per heavy atom. The molecule has 1 fully saturated rings. The lowest BCUT2D eigenvalue weighted by Gasteiger charge is -2.33. The molecule has 1 saturated heterocycles. The van der Waals surface area contributed by atoms with Crippen LogP contribution in [0.15, 0.2) is 18.2 Å². The minimum Gasteiger partial charge on any atom is -0.395 e. The first-order valence-corrected chi connectivity index (χ1v) is 6.23. The number of nitrogens with one attached hydrogen (secondary N) is 1. The number of hydrogen-bond acceptors (Lipinski definition) is 3. The second-order valence-corrected chi connectivity index (χ2v) is 4.58. The van der Waals surface area contributed by atoms with E-state index in [9.17, 15) is 4.39 Å². The molecule has 0 radical (unpaired) electrons. The SMILES string of the molecule is CCN1CCCC(Nc2cccc(F)c2N)C1. The summed E-state index contributed by atoms with van der Waals surface area (Å²) in [7, 11) is 0. The Morgan fingerprint density at radius 1 is 1.53 bits per heavy atom. The van der Waals surface area contributed by atoms with Gasteiger partial charge in [0.25, 0.3) is 0 Å². The van der Waals surface area contributed by atoms with Crippen molar-refractivity contribution >= 4 is 11.4 Å². The van der Waals surface area contributed by atoms with Crippen molar-refractivity contribution < 1.29 is 4.39 Å². The third-order valence-corrected chi connectivity index (χ3v) is 3.37. The second-order valence-electron chi connectivity index (χ2n) is 4.58. The molecule has 0 spiro atoms. The summed E-state index contributed by atoms with van der Waals surface area (Å²) < 4.78 is 13.3. The van der Waals surface area contributed by atoms with Crippen molar-refractivity contribution in [3.8, 4) is 0 Å². The molecular formula is C13H20FN3. The standard InChI is InChI=1S/C13H20FN3/c1-2-17-8-4-5-10(9-17)16-12-7-3-6-11(14)13(12)15/h3,6-7,10,16H,2,4-5,8-9,15H2,1H3. The van der Waals surface area contributed by atoms with E-state index in [1.54, 1.807) is 6.07 Å². The molecule has 1 aromatic carbocycles. The summed E-state index contributed by atoms with van der Waals surface area (Å²) in [4.78, 5) is 2.40. The molecule has 3 N–H and O–H groups in total. The highest BCUT2D eigenvalue weighted by Crippen LogP contribution is 2.24. The Kier molecular flexibility index (Phi) is 3.84. The summed E-state index contributed by atoms with van der Waals surface area (Å²) in [6, 6.07) is 5.28. The maximum Gasteiger partial charge on any atom is 0.148 e. The van der Waals surface area contributed by atoms with Gasteiger partial charge in [0.1, 0.15) is 5.82 Å². The summed E-state index contributed by atoms with van der Waals surface area (Å²) in [5.41, 5.74) is 6.65. The molecule has 94 valence electrons. The smallest absolute Gasteiger partial charge is 0.148 e. The lowest BCUT2D eigenvalue weighted by molar-refractivity contribution is 0.227. The Balaban J connectivity index is 2.02. The molecule has 0 aromatic heterocycles. The molecule has 17 heavy (non-hydrogen) atoms. The molecule has 1 unspecified atom stereocenters. The fourth-order valence-corrected chi connectivity index (χ4v) is 2.34. The first kappa shape index (κ1) is 12.2. The number of nitrogens with zero attached hydrogens (tertiary/aromatic N) is 1. The number of anilines is 2. The lowest BCUT2D eigenvalue weighted by Crippen LogP contribution is -2.41. The van der Waals surface area contributed by atoms with Crippen molar-refractivity contribution in [2.24, 2.45) is 0 Å². The molecule has 1 aromatic rings. The Hall–Kier alpha value is -1.29. The highest BCUT2D eigenvalue weighted by molar-refractivity contribution is 5.66. The second kappa shape index (κ2) is 5.36. The molecule has 1 atom stereocenters. The summed E-state index contributed by atoms with van der Waals surface area (Å²) in [6.07, 6.45) is 2.30. The van der Waals surface area contributed by atoms with Crippen LogP contribution in [0.25, 0.3) is 0 Å². The van der Waals surface area contributed by atoms with Crippen molar-refractivity contribution in [2.75, 3.05) is 30.7 Å². The van der Waals surface area contributed by atoms with Crippen molar-refractivity contribution in [2.45, 2.75) is 25.8 Å². The Bertz CT molecular complexity index is 381. The number of para-hydroxylation sites is 1. The highest BCUT2D eigenvalue weighted by Gasteiger charge is 2.19. The van der Waals surface area contributed by atoms with E-state index in [1.165, 1.54) is 12.5 Å². The largest absolute Gasteiger partial charge is 0.395 e. The first-order chi connectivity index (χ1) is 8.20. The minimum absolute atomic E-state index is 0.223. The van der Waals surface area contributed by atoms with Crippen LogP contribution in [0.3, 0.4) is 0 Å². The summed E-state index contributed by atoms with van der Waals surface area (Å²) in [6.45, 7) is 5.40. The maximum absolute atomic E-state index is 13.3. The van der Waals surface area contributed by atoms with Gasteiger partial charge in [0.15, 0.2) is 0 Å². The van der Waals surface area contributed by atoms with E-state index in [2.05, 4.69) is 17.1 Å². The van der Waals surface area contributed by atoms with E-state index < -0.39 is 0 Å². The zero-order valence-corrected chi connectivity index (χ0v) is 10.2. The number of rotatable bonds is 3. The van der Waals surface area contributed by atoms with Gasteiger partial charge in [0.05, 0.1) is 11.4 Å². The molecular weight excluding hydrogens is 217 g/mol. The van der Waals surface area contributed by atoms with Crippen molar-refractivity contribution in [1.82, 2.24) is 4.90 Å². The predicted octanol–water partition coefficient (Wildman–Crippen LogP) is 2.30. The van der Waals surface area contributed by atoms with Gasteiger partial charge in [-0.25, -0.2) is 4.39 Å². The normalized spacial score (nSPS) is 21.4. The lowest BCUT2D eigenvalue weighted by atomic mass is 10.1. The molecule has 2 rings (SSSR count). The van der Waals surface area contributed by atoms with E-state index in [0.717, 1.165) is 26.1 Å². The number of hydrogen-bond donors (Lipinski definition) is 2. The van der Waals surface area contributed by atoms with Gasteiger partial charge in [-0.3, -0.25) is 0 Å². The molecule has 1 aliphatic heterocycles. The first-order valence-electron chi connectivity index (χ1n) is 6.23. The minimum atomic E-state index is -0.349. The van der Waals surface area contributed by atoms with E-state index in [-0.39, 0.29) is 11.5 Å². The fraction of sp³-hybridized carbons (Fsp3) is 0.538. The van der Waals surface area contributed by atoms with Crippen LogP contribution in [0.4, 0.5) is 15.8 Å². The maximum atomic E-state index is 13.3. The van der Waals surface area contributed by atoms with Gasteiger partial charge < -0.3 is 16.0 Å². The Labute approximate surface area is 102 Å². The third-order valence-electron chi connectivity index (χ3n) is 3.37. The van der Waals surface area contributed by atoms with Gasteiger partial charge in [-0.15, -0.1) is 0 Å². The number of benzene rings is 1. The zero-order chi connectivity index (χ0) is 12.3. The number of nitrogen functional groups attached to an aromatic ring is 1. The van der Waals surface area contributed by atoms with Crippen molar-refractivity contribution in [3.63, 3.8) is 0 Å². The van der Waals surface area contributed by atoms with Crippen LogP contribution in [-0.2, 0) is 0 Å². The number of nitrogens with two attached hydrogens (primary N) is 1. The Morgan fingerprint density at radius 3 is 3.12 bits per heavy atom. The summed E-state index contributed by atoms with van der Waals surface area (Å²) >= 11 is 0.